The number of hydrogen-bond donors (Lipinski definition) is 2. The largest absolute Gasteiger partial charge is 0.465 e. The molecule has 3 N–H and O–H groups in total. The normalized spacial score (nSPS) is 29.2. The Morgan fingerprint density at radius 3 is 2.50 bits per heavy atom. The lowest BCUT2D eigenvalue weighted by molar-refractivity contribution is -0.144. The number of rotatable bonds is 7. The molecule has 0 aromatic rings. The van der Waals surface area contributed by atoms with Gasteiger partial charge in [0.05, 0.1) is 12.4 Å². The maximum Gasteiger partial charge on any atom is 0.325 e. The van der Waals surface area contributed by atoms with E-state index in [1.807, 2.05) is 13.8 Å². The van der Waals surface area contributed by atoms with Gasteiger partial charge >= 0.3 is 5.97 Å². The highest BCUT2D eigenvalue weighted by Crippen LogP contribution is 2.64. The molecule has 0 aromatic heterocycles. The number of nitrogens with one attached hydrogen (secondary N) is 1. The van der Waals surface area contributed by atoms with Crippen LogP contribution in [0.2, 0.25) is 0 Å². The fourth-order valence-electron chi connectivity index (χ4n) is 4.13. The number of carbonyl (C=O) groups excluding carboxylic acids is 2. The van der Waals surface area contributed by atoms with Gasteiger partial charge in [-0.15, -0.1) is 12.4 Å². The van der Waals surface area contributed by atoms with Gasteiger partial charge < -0.3 is 10.5 Å². The Labute approximate surface area is 149 Å². The molecule has 2 unspecified atom stereocenters. The van der Waals surface area contributed by atoms with Crippen molar-refractivity contribution in [1.82, 2.24) is 4.72 Å². The summed E-state index contributed by atoms with van der Waals surface area (Å²) in [5, 5.41) is 0. The quantitative estimate of drug-likeness (QED) is 0.623. The number of sulfonamides is 1. The average Bonchev–Trinajstić information content (AvgIpc) is 2.78. The van der Waals surface area contributed by atoms with Crippen LogP contribution in [0.25, 0.3) is 0 Å². The Bertz CT molecular complexity index is 607. The van der Waals surface area contributed by atoms with Crippen LogP contribution >= 0.6 is 12.4 Å². The van der Waals surface area contributed by atoms with Gasteiger partial charge in [0.15, 0.2) is 0 Å². The predicted molar refractivity (Wildman–Crippen MR) is 92.2 cm³/mol. The number of ether oxygens (including phenoxy) is 1. The molecule has 2 saturated carbocycles. The van der Waals surface area contributed by atoms with Crippen molar-refractivity contribution in [2.45, 2.75) is 46.1 Å². The minimum Gasteiger partial charge on any atom is -0.465 e. The van der Waals surface area contributed by atoms with Crippen molar-refractivity contribution in [3.63, 3.8) is 0 Å². The molecule has 24 heavy (non-hydrogen) atoms. The number of fused-ring (bicyclic) bond motifs is 2. The first-order chi connectivity index (χ1) is 10.6. The molecule has 0 saturated heterocycles. The van der Waals surface area contributed by atoms with Crippen LogP contribution in [-0.4, -0.2) is 45.1 Å². The SMILES string of the molecule is CCOC(=O)[C@H](CN)NS(=O)(=O)CC12CCC(CC1=O)C2(C)C.Cl. The standard InChI is InChI=1S/C15H26N2O5S.ClH/c1-4-22-13(19)11(8-16)17-23(20,21)9-15-6-5-10(7-12(15)18)14(15,2)3;/h10-11,17H,4-9,16H2,1-3H3;1H/t10?,11-,15?;/m0./s1. The minimum atomic E-state index is -3.84. The summed E-state index contributed by atoms with van der Waals surface area (Å²) in [6, 6.07) is -1.12. The number of nitrogens with two attached hydrogens (primary N) is 1. The van der Waals surface area contributed by atoms with Crippen LogP contribution in [0.4, 0.5) is 0 Å². The van der Waals surface area contributed by atoms with Crippen LogP contribution in [-0.2, 0) is 24.3 Å². The molecule has 0 aromatic carbocycles. The van der Waals surface area contributed by atoms with E-state index in [4.69, 9.17) is 10.5 Å². The molecule has 2 rings (SSSR count). The van der Waals surface area contributed by atoms with Crippen LogP contribution < -0.4 is 10.5 Å². The van der Waals surface area contributed by atoms with Gasteiger partial charge in [-0.25, -0.2) is 8.42 Å². The van der Waals surface area contributed by atoms with Gasteiger partial charge in [-0.05, 0) is 31.1 Å². The first-order valence-corrected chi connectivity index (χ1v) is 9.65. The Kier molecular flexibility index (Phi) is 6.47. The molecule has 0 radical (unpaired) electrons. The average molecular weight is 383 g/mol. The van der Waals surface area contributed by atoms with Gasteiger partial charge in [-0.1, -0.05) is 13.8 Å². The van der Waals surface area contributed by atoms with Gasteiger partial charge in [0, 0.05) is 18.4 Å². The van der Waals surface area contributed by atoms with Crippen LogP contribution in [0.3, 0.4) is 0 Å². The summed E-state index contributed by atoms with van der Waals surface area (Å²) in [5.41, 5.74) is 4.27. The first-order valence-electron chi connectivity index (χ1n) is 7.99. The highest BCUT2D eigenvalue weighted by Gasteiger charge is 2.65. The molecule has 2 aliphatic rings. The third kappa shape index (κ3) is 3.47. The monoisotopic (exact) mass is 382 g/mol. The molecular weight excluding hydrogens is 356 g/mol. The van der Waals surface area contributed by atoms with Crippen LogP contribution in [0.1, 0.15) is 40.0 Å². The van der Waals surface area contributed by atoms with Crippen molar-refractivity contribution in [2.75, 3.05) is 18.9 Å². The van der Waals surface area contributed by atoms with Gasteiger partial charge in [0.25, 0.3) is 0 Å². The van der Waals surface area contributed by atoms with E-state index in [1.54, 1.807) is 6.92 Å². The summed E-state index contributed by atoms with van der Waals surface area (Å²) in [6.45, 7) is 5.53. The molecule has 0 aliphatic heterocycles. The van der Waals surface area contributed by atoms with E-state index >= 15 is 0 Å². The molecule has 0 heterocycles. The van der Waals surface area contributed by atoms with Crippen molar-refractivity contribution < 1.29 is 22.7 Å². The highest BCUT2D eigenvalue weighted by atomic mass is 35.5. The zero-order valence-corrected chi connectivity index (χ0v) is 16.0. The van der Waals surface area contributed by atoms with E-state index in [-0.39, 0.29) is 48.4 Å². The fraction of sp³-hybridized carbons (Fsp3) is 0.867. The molecule has 2 aliphatic carbocycles. The molecule has 2 bridgehead atoms. The highest BCUT2D eigenvalue weighted by molar-refractivity contribution is 7.89. The molecule has 7 nitrogen and oxygen atoms in total. The van der Waals surface area contributed by atoms with Crippen molar-refractivity contribution in [2.24, 2.45) is 22.5 Å². The topological polar surface area (TPSA) is 116 Å². The van der Waals surface area contributed by atoms with E-state index in [1.165, 1.54) is 0 Å². The minimum absolute atomic E-state index is 0. The number of carbonyl (C=O) groups is 2. The molecule has 3 atom stereocenters. The van der Waals surface area contributed by atoms with E-state index in [0.717, 1.165) is 6.42 Å². The van der Waals surface area contributed by atoms with E-state index in [0.29, 0.717) is 12.8 Å². The third-order valence-electron chi connectivity index (χ3n) is 5.70. The maximum atomic E-state index is 12.6. The number of halogens is 1. The summed E-state index contributed by atoms with van der Waals surface area (Å²) in [6.07, 6.45) is 1.89. The smallest absolute Gasteiger partial charge is 0.325 e. The summed E-state index contributed by atoms with van der Waals surface area (Å²) < 4.78 is 32.2. The van der Waals surface area contributed by atoms with Gasteiger partial charge in [-0.3, -0.25) is 9.59 Å². The summed E-state index contributed by atoms with van der Waals surface area (Å²) in [5.74, 6) is -0.736. The van der Waals surface area contributed by atoms with Crippen LogP contribution in [0.5, 0.6) is 0 Å². The van der Waals surface area contributed by atoms with E-state index < -0.39 is 27.4 Å². The van der Waals surface area contributed by atoms with Gasteiger partial charge in [0.1, 0.15) is 11.8 Å². The van der Waals surface area contributed by atoms with Crippen molar-refractivity contribution in [3.05, 3.63) is 0 Å². The first kappa shape index (κ1) is 21.3. The number of hydrogen-bond acceptors (Lipinski definition) is 6. The van der Waals surface area contributed by atoms with Crippen molar-refractivity contribution in [3.8, 4) is 0 Å². The lowest BCUT2D eigenvalue weighted by Gasteiger charge is -2.36. The summed E-state index contributed by atoms with van der Waals surface area (Å²) in [4.78, 5) is 24.2. The van der Waals surface area contributed by atoms with Crippen molar-refractivity contribution in [1.29, 1.82) is 0 Å². The zero-order valence-electron chi connectivity index (χ0n) is 14.3. The number of ketones is 1. The van der Waals surface area contributed by atoms with E-state index in [9.17, 15) is 18.0 Å². The van der Waals surface area contributed by atoms with E-state index in [2.05, 4.69) is 4.72 Å². The number of esters is 1. The fourth-order valence-corrected chi connectivity index (χ4v) is 6.16. The molecule has 9 heteroatoms. The van der Waals surface area contributed by atoms with Crippen molar-refractivity contribution >= 4 is 34.2 Å². The Balaban J connectivity index is 0.00000288. The van der Waals surface area contributed by atoms with Gasteiger partial charge in [0.2, 0.25) is 10.0 Å². The second-order valence-electron chi connectivity index (χ2n) is 7.08. The lowest BCUT2D eigenvalue weighted by Crippen LogP contribution is -2.51. The lowest BCUT2D eigenvalue weighted by atomic mass is 9.70. The Hall–Kier alpha value is -0.700. The summed E-state index contributed by atoms with van der Waals surface area (Å²) >= 11 is 0. The second-order valence-corrected chi connectivity index (χ2v) is 8.84. The maximum absolute atomic E-state index is 12.6. The van der Waals surface area contributed by atoms with Gasteiger partial charge in [-0.2, -0.15) is 4.72 Å². The third-order valence-corrected chi connectivity index (χ3v) is 7.22. The second kappa shape index (κ2) is 7.27. The molecule has 0 spiro atoms. The molecule has 2 fully saturated rings. The number of Topliss-reactive ketones (excluding diaryl/α,β-unsaturated/α-hetero) is 1. The molecule has 140 valence electrons. The Morgan fingerprint density at radius 1 is 1.46 bits per heavy atom. The molecule has 0 amide bonds. The summed E-state index contributed by atoms with van der Waals surface area (Å²) in [7, 11) is -3.84. The van der Waals surface area contributed by atoms with Crippen LogP contribution in [0.15, 0.2) is 0 Å². The molecular formula is C15H27ClN2O5S. The predicted octanol–water partition coefficient (Wildman–Crippen LogP) is 0.613. The Morgan fingerprint density at radius 2 is 2.08 bits per heavy atom. The zero-order chi connectivity index (χ0) is 17.5. The van der Waals surface area contributed by atoms with Crippen LogP contribution in [0, 0.1) is 16.7 Å².